The van der Waals surface area contributed by atoms with Gasteiger partial charge in [-0.3, -0.25) is 4.31 Å². The molecule has 0 radical (unpaired) electrons. The molecule has 1 aliphatic heterocycles. The van der Waals surface area contributed by atoms with E-state index in [1.165, 1.54) is 23.5 Å². The molecule has 1 aliphatic rings. The number of nitrogens with zero attached hydrogens (tertiary/aromatic N) is 2. The summed E-state index contributed by atoms with van der Waals surface area (Å²) >= 11 is 0. The number of rotatable bonds is 6. The minimum atomic E-state index is -3.91. The predicted octanol–water partition coefficient (Wildman–Crippen LogP) is 3.51. The smallest absolute Gasteiger partial charge is 0.264 e. The van der Waals surface area contributed by atoms with Crippen LogP contribution in [0.15, 0.2) is 53.4 Å². The summed E-state index contributed by atoms with van der Waals surface area (Å²) in [6.07, 6.45) is 1.47. The van der Waals surface area contributed by atoms with Crippen molar-refractivity contribution in [1.29, 1.82) is 0 Å². The lowest BCUT2D eigenvalue weighted by atomic mass is 10.0. The zero-order chi connectivity index (χ0) is 19.4. The monoisotopic (exact) mass is 392 g/mol. The molecule has 2 aromatic carbocycles. The second-order valence-corrected chi connectivity index (χ2v) is 8.41. The Labute approximate surface area is 160 Å². The van der Waals surface area contributed by atoms with E-state index in [0.717, 1.165) is 38.5 Å². The Morgan fingerprint density at radius 3 is 2.37 bits per heavy atom. The third-order valence-electron chi connectivity index (χ3n) is 5.03. The molecule has 1 heterocycles. The van der Waals surface area contributed by atoms with Crippen LogP contribution in [0, 0.1) is 5.82 Å². The molecule has 2 aromatic rings. The molecule has 146 valence electrons. The fourth-order valence-electron chi connectivity index (χ4n) is 3.51. The minimum Gasteiger partial charge on any atom is -0.494 e. The Hall–Kier alpha value is -2.12. The third kappa shape index (κ3) is 4.09. The summed E-state index contributed by atoms with van der Waals surface area (Å²) in [5, 5.41) is 0. The molecule has 5 nitrogen and oxygen atoms in total. The zero-order valence-electron chi connectivity index (χ0n) is 15.6. The molecule has 0 bridgehead atoms. The van der Waals surface area contributed by atoms with Gasteiger partial charge in [-0.2, -0.15) is 0 Å². The maximum absolute atomic E-state index is 14.2. The van der Waals surface area contributed by atoms with Crippen LogP contribution in [0.2, 0.25) is 0 Å². The first-order chi connectivity index (χ1) is 13.0. The van der Waals surface area contributed by atoms with Crippen LogP contribution in [-0.4, -0.2) is 46.1 Å². The molecule has 0 aromatic heterocycles. The minimum absolute atomic E-state index is 0.0245. The third-order valence-corrected chi connectivity index (χ3v) is 6.90. The molecule has 0 saturated carbocycles. The molecule has 0 atom stereocenters. The fourth-order valence-corrected chi connectivity index (χ4v) is 5.23. The van der Waals surface area contributed by atoms with E-state index in [1.807, 2.05) is 18.2 Å². The lowest BCUT2D eigenvalue weighted by Crippen LogP contribution is -2.47. The molecule has 0 N–H and O–H groups in total. The Morgan fingerprint density at radius 1 is 1.15 bits per heavy atom. The molecule has 7 heteroatoms. The van der Waals surface area contributed by atoms with E-state index >= 15 is 0 Å². The van der Waals surface area contributed by atoms with Crippen molar-refractivity contribution in [2.24, 2.45) is 0 Å². The van der Waals surface area contributed by atoms with Gasteiger partial charge in [0, 0.05) is 19.1 Å². The number of sulfonamides is 1. The van der Waals surface area contributed by atoms with Crippen molar-refractivity contribution in [3.63, 3.8) is 0 Å². The number of anilines is 1. The molecule has 27 heavy (non-hydrogen) atoms. The number of likely N-dealkylation sites (tertiary alicyclic amines) is 1. The Kier molecular flexibility index (Phi) is 6.01. The normalized spacial score (nSPS) is 16.3. The van der Waals surface area contributed by atoms with Crippen LogP contribution >= 0.6 is 0 Å². The maximum atomic E-state index is 14.2. The van der Waals surface area contributed by atoms with Crippen molar-refractivity contribution in [2.45, 2.75) is 30.7 Å². The van der Waals surface area contributed by atoms with Gasteiger partial charge in [0.25, 0.3) is 10.0 Å². The van der Waals surface area contributed by atoms with Gasteiger partial charge in [-0.25, -0.2) is 12.8 Å². The van der Waals surface area contributed by atoms with Crippen LogP contribution in [0.3, 0.4) is 0 Å². The van der Waals surface area contributed by atoms with E-state index < -0.39 is 15.8 Å². The van der Waals surface area contributed by atoms with Gasteiger partial charge in [0.1, 0.15) is 0 Å². The highest BCUT2D eigenvalue weighted by atomic mass is 32.2. The van der Waals surface area contributed by atoms with E-state index in [2.05, 4.69) is 11.8 Å². The Balaban J connectivity index is 2.00. The van der Waals surface area contributed by atoms with E-state index in [-0.39, 0.29) is 16.7 Å². The first kappa shape index (κ1) is 19.6. The van der Waals surface area contributed by atoms with E-state index in [4.69, 9.17) is 4.74 Å². The number of halogens is 1. The largest absolute Gasteiger partial charge is 0.494 e. The van der Waals surface area contributed by atoms with Gasteiger partial charge in [-0.05, 0) is 49.7 Å². The standard InChI is InChI=1S/C20H25FN2O3S/c1-3-22-13-11-17(12-14-22)23(16-7-5-4-6-8-16)27(24,25)18-9-10-20(26-2)19(21)15-18/h4-10,15,17H,3,11-14H2,1-2H3. The van der Waals surface area contributed by atoms with Crippen molar-refractivity contribution >= 4 is 15.7 Å². The van der Waals surface area contributed by atoms with Gasteiger partial charge in [0.2, 0.25) is 0 Å². The van der Waals surface area contributed by atoms with Crippen LogP contribution in [0.5, 0.6) is 5.75 Å². The van der Waals surface area contributed by atoms with Crippen molar-refractivity contribution in [2.75, 3.05) is 31.0 Å². The fraction of sp³-hybridized carbons (Fsp3) is 0.400. The van der Waals surface area contributed by atoms with Gasteiger partial charge in [0.15, 0.2) is 11.6 Å². The average Bonchev–Trinajstić information content (AvgIpc) is 2.69. The molecule has 3 rings (SSSR count). The number of methoxy groups -OCH3 is 1. The Morgan fingerprint density at radius 2 is 1.81 bits per heavy atom. The summed E-state index contributed by atoms with van der Waals surface area (Å²) in [6.45, 7) is 4.74. The first-order valence-electron chi connectivity index (χ1n) is 9.12. The van der Waals surface area contributed by atoms with Crippen LogP contribution in [0.4, 0.5) is 10.1 Å². The van der Waals surface area contributed by atoms with Crippen molar-refractivity contribution in [1.82, 2.24) is 4.90 Å². The van der Waals surface area contributed by atoms with E-state index in [1.54, 1.807) is 12.1 Å². The average molecular weight is 392 g/mol. The number of para-hydroxylation sites is 1. The zero-order valence-corrected chi connectivity index (χ0v) is 16.5. The molecule has 1 saturated heterocycles. The second kappa shape index (κ2) is 8.27. The molecule has 0 amide bonds. The number of benzene rings is 2. The van der Waals surface area contributed by atoms with Crippen molar-refractivity contribution in [3.05, 3.63) is 54.3 Å². The summed E-state index contributed by atoms with van der Waals surface area (Å²) in [7, 11) is -2.55. The van der Waals surface area contributed by atoms with Gasteiger partial charge < -0.3 is 9.64 Å². The summed E-state index contributed by atoms with van der Waals surface area (Å²) in [5.74, 6) is -0.663. The molecule has 1 fully saturated rings. The number of ether oxygens (including phenoxy) is 1. The molecular weight excluding hydrogens is 367 g/mol. The quantitative estimate of drug-likeness (QED) is 0.755. The Bertz CT molecular complexity index is 866. The molecular formula is C20H25FN2O3S. The highest BCUT2D eigenvalue weighted by Gasteiger charge is 2.34. The SMILES string of the molecule is CCN1CCC(N(c2ccccc2)S(=O)(=O)c2ccc(OC)c(F)c2)CC1. The van der Waals surface area contributed by atoms with Crippen LogP contribution in [0.1, 0.15) is 19.8 Å². The lowest BCUT2D eigenvalue weighted by Gasteiger charge is -2.38. The highest BCUT2D eigenvalue weighted by molar-refractivity contribution is 7.92. The molecule has 0 spiro atoms. The number of hydrogen-bond acceptors (Lipinski definition) is 4. The topological polar surface area (TPSA) is 49.9 Å². The summed E-state index contributed by atoms with van der Waals surface area (Å²) in [4.78, 5) is 2.24. The van der Waals surface area contributed by atoms with Gasteiger partial charge in [-0.1, -0.05) is 25.1 Å². The summed E-state index contributed by atoms with van der Waals surface area (Å²) < 4.78 is 47.4. The van der Waals surface area contributed by atoms with Gasteiger partial charge in [0.05, 0.1) is 17.7 Å². The number of piperidine rings is 1. The highest BCUT2D eigenvalue weighted by Crippen LogP contribution is 2.31. The van der Waals surface area contributed by atoms with Gasteiger partial charge >= 0.3 is 0 Å². The predicted molar refractivity (Wildman–Crippen MR) is 104 cm³/mol. The molecule has 0 aliphatic carbocycles. The molecule has 0 unspecified atom stereocenters. The van der Waals surface area contributed by atoms with Crippen LogP contribution < -0.4 is 9.04 Å². The van der Waals surface area contributed by atoms with Crippen LogP contribution in [0.25, 0.3) is 0 Å². The van der Waals surface area contributed by atoms with Crippen molar-refractivity contribution < 1.29 is 17.5 Å². The lowest BCUT2D eigenvalue weighted by molar-refractivity contribution is 0.224. The van der Waals surface area contributed by atoms with Gasteiger partial charge in [-0.15, -0.1) is 0 Å². The van der Waals surface area contributed by atoms with E-state index in [9.17, 15) is 12.8 Å². The van der Waals surface area contributed by atoms with Crippen LogP contribution in [-0.2, 0) is 10.0 Å². The summed E-state index contributed by atoms with van der Waals surface area (Å²) in [5.41, 5.74) is 0.601. The summed E-state index contributed by atoms with van der Waals surface area (Å²) in [6, 6.07) is 12.7. The number of hydrogen-bond donors (Lipinski definition) is 0. The first-order valence-corrected chi connectivity index (χ1v) is 10.6. The van der Waals surface area contributed by atoms with E-state index in [0.29, 0.717) is 5.69 Å². The maximum Gasteiger partial charge on any atom is 0.264 e. The van der Waals surface area contributed by atoms with Crippen molar-refractivity contribution in [3.8, 4) is 5.75 Å². The second-order valence-electron chi connectivity index (χ2n) is 6.60.